The first-order chi connectivity index (χ1) is 16.0. The number of amides is 2. The van der Waals surface area contributed by atoms with Gasteiger partial charge >= 0.3 is 6.18 Å². The number of alkyl halides is 3. The zero-order valence-electron chi connectivity index (χ0n) is 19.9. The van der Waals surface area contributed by atoms with Crippen molar-refractivity contribution >= 4 is 11.8 Å². The third kappa shape index (κ3) is 4.90. The lowest BCUT2D eigenvalue weighted by Crippen LogP contribution is -2.54. The molecule has 1 aromatic rings. The highest BCUT2D eigenvalue weighted by atomic mass is 19.4. The number of benzene rings is 1. The Balaban J connectivity index is 1.44. The van der Waals surface area contributed by atoms with Crippen LogP contribution in [-0.2, 0) is 20.5 Å². The fourth-order valence-corrected chi connectivity index (χ4v) is 5.62. The smallest absolute Gasteiger partial charge is 0.419 e. The van der Waals surface area contributed by atoms with Gasteiger partial charge in [-0.25, -0.2) is 0 Å². The molecule has 34 heavy (non-hydrogen) atoms. The summed E-state index contributed by atoms with van der Waals surface area (Å²) in [6.45, 7) is 6.30. The highest BCUT2D eigenvalue weighted by Gasteiger charge is 2.55. The van der Waals surface area contributed by atoms with Gasteiger partial charge in [0.25, 0.3) is 0 Å². The number of nitrogens with zero attached hydrogens (tertiary/aromatic N) is 1. The van der Waals surface area contributed by atoms with Crippen molar-refractivity contribution in [2.45, 2.75) is 89.3 Å². The Hall–Kier alpha value is -2.29. The van der Waals surface area contributed by atoms with Gasteiger partial charge in [-0.15, -0.1) is 0 Å². The van der Waals surface area contributed by atoms with Gasteiger partial charge in [-0.05, 0) is 45.6 Å². The fraction of sp³-hybridized carbons (Fsp3) is 0.680. The van der Waals surface area contributed by atoms with Crippen LogP contribution in [0.1, 0.15) is 76.5 Å². The molecule has 0 aliphatic carbocycles. The van der Waals surface area contributed by atoms with Crippen LogP contribution in [0.5, 0.6) is 5.75 Å². The predicted octanol–water partition coefficient (Wildman–Crippen LogP) is 4.62. The molecule has 0 saturated carbocycles. The summed E-state index contributed by atoms with van der Waals surface area (Å²) in [4.78, 5) is 25.8. The van der Waals surface area contributed by atoms with Crippen LogP contribution in [0.15, 0.2) is 18.2 Å². The number of likely N-dealkylation sites (tertiary alicyclic amines) is 1. The van der Waals surface area contributed by atoms with E-state index in [-0.39, 0.29) is 35.6 Å². The van der Waals surface area contributed by atoms with Crippen molar-refractivity contribution in [1.29, 1.82) is 0 Å². The molecule has 3 aliphatic heterocycles. The molecule has 1 aromatic carbocycles. The first-order valence-corrected chi connectivity index (χ1v) is 12.1. The lowest BCUT2D eigenvalue weighted by atomic mass is 9.73. The monoisotopic (exact) mass is 482 g/mol. The second-order valence-corrected chi connectivity index (χ2v) is 10.1. The van der Waals surface area contributed by atoms with E-state index in [0.717, 1.165) is 25.3 Å². The molecule has 0 aromatic heterocycles. The maximum atomic E-state index is 13.6. The van der Waals surface area contributed by atoms with Crippen molar-refractivity contribution < 1.29 is 32.2 Å². The van der Waals surface area contributed by atoms with E-state index in [0.29, 0.717) is 37.9 Å². The Morgan fingerprint density at radius 2 is 1.97 bits per heavy atom. The Labute approximate surface area is 198 Å². The van der Waals surface area contributed by atoms with Crippen LogP contribution < -0.4 is 10.1 Å². The summed E-state index contributed by atoms with van der Waals surface area (Å²) in [5.41, 5.74) is -1.20. The molecule has 4 rings (SSSR count). The second kappa shape index (κ2) is 9.40. The first-order valence-electron chi connectivity index (χ1n) is 12.1. The number of ether oxygens (including phenoxy) is 2. The molecule has 2 saturated heterocycles. The first kappa shape index (κ1) is 24.8. The topological polar surface area (TPSA) is 67.9 Å². The van der Waals surface area contributed by atoms with E-state index in [1.165, 1.54) is 13.0 Å². The number of unbranched alkanes of at least 4 members (excludes halogenated alkanes) is 2. The number of fused-ring (bicyclic) bond motifs is 4. The molecule has 9 heteroatoms. The summed E-state index contributed by atoms with van der Waals surface area (Å²) in [6, 6.07) is 4.03. The Morgan fingerprint density at radius 3 is 2.68 bits per heavy atom. The average molecular weight is 483 g/mol. The van der Waals surface area contributed by atoms with Gasteiger partial charge in [0.05, 0.1) is 23.8 Å². The van der Waals surface area contributed by atoms with Gasteiger partial charge < -0.3 is 19.7 Å². The van der Waals surface area contributed by atoms with E-state index in [1.807, 2.05) is 4.90 Å². The normalized spacial score (nSPS) is 27.3. The summed E-state index contributed by atoms with van der Waals surface area (Å²) in [7, 11) is 0. The molecular formula is C25H33F3N2O4. The molecule has 0 bridgehead atoms. The summed E-state index contributed by atoms with van der Waals surface area (Å²) in [5, 5.41) is 2.75. The number of para-hydroxylation sites is 1. The zero-order chi connectivity index (χ0) is 24.7. The summed E-state index contributed by atoms with van der Waals surface area (Å²) < 4.78 is 53.3. The van der Waals surface area contributed by atoms with E-state index in [4.69, 9.17) is 9.47 Å². The van der Waals surface area contributed by atoms with E-state index in [9.17, 15) is 22.8 Å². The van der Waals surface area contributed by atoms with E-state index in [2.05, 4.69) is 5.32 Å². The fourth-order valence-electron chi connectivity index (χ4n) is 5.62. The molecule has 3 heterocycles. The van der Waals surface area contributed by atoms with Crippen LogP contribution in [0.25, 0.3) is 0 Å². The van der Waals surface area contributed by atoms with Crippen LogP contribution in [0.2, 0.25) is 0 Å². The molecule has 1 N–H and O–H groups in total. The summed E-state index contributed by atoms with van der Waals surface area (Å²) >= 11 is 0. The Morgan fingerprint density at radius 1 is 1.21 bits per heavy atom. The van der Waals surface area contributed by atoms with Crippen LogP contribution >= 0.6 is 0 Å². The van der Waals surface area contributed by atoms with Gasteiger partial charge in [0.1, 0.15) is 11.4 Å². The van der Waals surface area contributed by atoms with E-state index < -0.39 is 23.4 Å². The SMILES string of the molecule is CC(=O)NCCCCCC(=O)N1CC[C@H]2O[C@H]3c4cccc(C(F)(F)F)c4OC(C)(C)[C@@H]3C[C@H]21. The van der Waals surface area contributed by atoms with Crippen molar-refractivity contribution in [3.63, 3.8) is 0 Å². The minimum Gasteiger partial charge on any atom is -0.486 e. The quantitative estimate of drug-likeness (QED) is 0.601. The lowest BCUT2D eigenvalue weighted by molar-refractivity contribution is -0.172. The molecule has 2 amide bonds. The number of rotatable bonds is 6. The van der Waals surface area contributed by atoms with Gasteiger partial charge in [-0.1, -0.05) is 18.6 Å². The number of carbonyl (C=O) groups is 2. The maximum Gasteiger partial charge on any atom is 0.419 e. The van der Waals surface area contributed by atoms with Crippen molar-refractivity contribution in [3.8, 4) is 5.75 Å². The zero-order valence-corrected chi connectivity index (χ0v) is 19.9. The Bertz CT molecular complexity index is 933. The predicted molar refractivity (Wildman–Crippen MR) is 119 cm³/mol. The molecule has 188 valence electrons. The molecule has 3 aliphatic rings. The van der Waals surface area contributed by atoms with Crippen molar-refractivity contribution in [2.75, 3.05) is 13.1 Å². The molecular weight excluding hydrogens is 449 g/mol. The van der Waals surface area contributed by atoms with Crippen LogP contribution in [0.4, 0.5) is 13.2 Å². The highest BCUT2D eigenvalue weighted by Crippen LogP contribution is 2.55. The Kier molecular flexibility index (Phi) is 6.86. The van der Waals surface area contributed by atoms with Crippen LogP contribution in [0, 0.1) is 5.92 Å². The minimum atomic E-state index is -4.51. The number of hydrogen-bond acceptors (Lipinski definition) is 4. The molecule has 2 fully saturated rings. The van der Waals surface area contributed by atoms with Crippen LogP contribution in [-0.4, -0.2) is 47.6 Å². The largest absolute Gasteiger partial charge is 0.486 e. The van der Waals surface area contributed by atoms with Gasteiger partial charge in [-0.3, -0.25) is 9.59 Å². The lowest BCUT2D eigenvalue weighted by Gasteiger charge is -2.51. The number of nitrogens with one attached hydrogen (secondary N) is 1. The standard InChI is InChI=1S/C25H33F3N2O4/c1-15(31)29-12-6-4-5-10-21(32)30-13-11-20-19(30)14-18-22(33-20)16-8-7-9-17(25(26,27)28)23(16)34-24(18,2)3/h7-9,18-20,22H,4-6,10-14H2,1-3H3,(H,29,31)/t18-,19-,20-,22+/m1/s1. The molecule has 0 unspecified atom stereocenters. The summed E-state index contributed by atoms with van der Waals surface area (Å²) in [5.74, 6) is -0.272. The van der Waals surface area contributed by atoms with Gasteiger partial charge in [0, 0.05) is 37.9 Å². The van der Waals surface area contributed by atoms with Gasteiger partial charge in [0.2, 0.25) is 11.8 Å². The van der Waals surface area contributed by atoms with Crippen molar-refractivity contribution in [1.82, 2.24) is 10.2 Å². The minimum absolute atomic E-state index is 0.0540. The molecule has 4 atom stereocenters. The average Bonchev–Trinajstić information content (AvgIpc) is 3.16. The highest BCUT2D eigenvalue weighted by molar-refractivity contribution is 5.77. The van der Waals surface area contributed by atoms with Crippen LogP contribution in [0.3, 0.4) is 0 Å². The van der Waals surface area contributed by atoms with Gasteiger partial charge in [0.15, 0.2) is 0 Å². The summed E-state index contributed by atoms with van der Waals surface area (Å²) in [6.07, 6.45) is -1.01. The third-order valence-electron chi connectivity index (χ3n) is 7.34. The molecule has 0 spiro atoms. The number of carbonyl (C=O) groups excluding carboxylic acids is 2. The second-order valence-electron chi connectivity index (χ2n) is 10.1. The van der Waals surface area contributed by atoms with E-state index >= 15 is 0 Å². The van der Waals surface area contributed by atoms with Gasteiger partial charge in [-0.2, -0.15) is 13.2 Å². The third-order valence-corrected chi connectivity index (χ3v) is 7.34. The molecule has 0 radical (unpaired) electrons. The van der Waals surface area contributed by atoms with Crippen molar-refractivity contribution in [2.24, 2.45) is 5.92 Å². The molecule has 6 nitrogen and oxygen atoms in total. The van der Waals surface area contributed by atoms with E-state index in [1.54, 1.807) is 19.9 Å². The van der Waals surface area contributed by atoms with Crippen molar-refractivity contribution in [3.05, 3.63) is 29.3 Å². The number of halogens is 3. The maximum absolute atomic E-state index is 13.6. The number of hydrogen-bond donors (Lipinski definition) is 1.